The molecule has 0 radical (unpaired) electrons. The molecule has 1 aliphatic heterocycles. The highest BCUT2D eigenvalue weighted by Gasteiger charge is 2.26. The van der Waals surface area contributed by atoms with E-state index >= 15 is 4.39 Å². The Balaban J connectivity index is 1.25. The molecule has 0 saturated carbocycles. The number of halogens is 1. The van der Waals surface area contributed by atoms with Crippen LogP contribution in [0.2, 0.25) is 0 Å². The van der Waals surface area contributed by atoms with E-state index in [-0.39, 0.29) is 11.6 Å². The maximum absolute atomic E-state index is 15.1. The third-order valence-electron chi connectivity index (χ3n) is 7.60. The van der Waals surface area contributed by atoms with E-state index in [2.05, 4.69) is 35.9 Å². The second-order valence-corrected chi connectivity index (χ2v) is 10.4. The van der Waals surface area contributed by atoms with E-state index in [0.717, 1.165) is 61.3 Å². The van der Waals surface area contributed by atoms with Gasteiger partial charge in [-0.1, -0.05) is 6.07 Å². The summed E-state index contributed by atoms with van der Waals surface area (Å²) in [4.78, 5) is 18.3. The summed E-state index contributed by atoms with van der Waals surface area (Å²) in [6.07, 6.45) is 9.51. The minimum Gasteiger partial charge on any atom is -0.377 e. The summed E-state index contributed by atoms with van der Waals surface area (Å²) in [6.45, 7) is 4.44. The number of piperazine rings is 1. The van der Waals surface area contributed by atoms with Crippen LogP contribution >= 0.6 is 0 Å². The summed E-state index contributed by atoms with van der Waals surface area (Å²) < 4.78 is 17.1. The van der Waals surface area contributed by atoms with Crippen molar-refractivity contribution in [3.8, 4) is 23.4 Å². The minimum atomic E-state index is -0.430. The van der Waals surface area contributed by atoms with Crippen LogP contribution < -0.4 is 4.90 Å². The van der Waals surface area contributed by atoms with Crippen molar-refractivity contribution >= 4 is 16.7 Å². The Bertz CT molecular complexity index is 1530. The number of hydrogen-bond acceptors (Lipinski definition) is 8. The Hall–Kier alpha value is -4.32. The average molecular weight is 541 g/mol. The molecule has 1 aliphatic rings. The molecule has 206 valence electrons. The van der Waals surface area contributed by atoms with Gasteiger partial charge in [-0.15, -0.1) is 0 Å². The zero-order valence-corrected chi connectivity index (χ0v) is 22.9. The van der Waals surface area contributed by atoms with E-state index < -0.39 is 5.82 Å². The van der Waals surface area contributed by atoms with Gasteiger partial charge < -0.3 is 9.88 Å². The van der Waals surface area contributed by atoms with Gasteiger partial charge in [-0.25, -0.2) is 14.4 Å². The van der Waals surface area contributed by atoms with Gasteiger partial charge in [0.1, 0.15) is 29.4 Å². The monoisotopic (exact) mass is 540 g/mol. The van der Waals surface area contributed by atoms with Crippen molar-refractivity contribution < 1.29 is 4.39 Å². The smallest absolute Gasteiger partial charge is 0.147 e. The van der Waals surface area contributed by atoms with Gasteiger partial charge in [0.2, 0.25) is 0 Å². The molecule has 1 fully saturated rings. The zero-order valence-electron chi connectivity index (χ0n) is 22.9. The maximum Gasteiger partial charge on any atom is 0.147 e. The van der Waals surface area contributed by atoms with E-state index in [9.17, 15) is 5.26 Å². The van der Waals surface area contributed by atoms with Gasteiger partial charge in [0, 0.05) is 88.2 Å². The number of benzene rings is 1. The van der Waals surface area contributed by atoms with Crippen LogP contribution in [0.4, 0.5) is 10.1 Å². The molecule has 1 aromatic carbocycles. The second kappa shape index (κ2) is 12.2. The van der Waals surface area contributed by atoms with Crippen LogP contribution in [0.15, 0.2) is 43.1 Å². The topological polar surface area (TPSA) is 117 Å². The zero-order chi connectivity index (χ0) is 28.1. The molecule has 40 heavy (non-hydrogen) atoms. The Labute approximate surface area is 233 Å². The fraction of sp³-hybridized carbons (Fsp3) is 0.414. The predicted molar refractivity (Wildman–Crippen MR) is 151 cm³/mol. The number of fused-ring (bicyclic) bond motifs is 1. The largest absolute Gasteiger partial charge is 0.377 e. The normalized spacial score (nSPS) is 15.1. The molecule has 0 spiro atoms. The lowest BCUT2D eigenvalue weighted by Crippen LogP contribution is -2.51. The van der Waals surface area contributed by atoms with Crippen LogP contribution in [0.1, 0.15) is 30.4 Å². The average Bonchev–Trinajstić information content (AvgIpc) is 3.64. The number of hydrogen-bond donors (Lipinski definition) is 1. The van der Waals surface area contributed by atoms with E-state index in [0.29, 0.717) is 30.8 Å². The highest BCUT2D eigenvalue weighted by atomic mass is 19.1. The molecule has 1 N–H and O–H groups in total. The molecule has 4 heterocycles. The molecule has 0 aliphatic carbocycles. The molecule has 11 heteroatoms. The first kappa shape index (κ1) is 27.3. The van der Waals surface area contributed by atoms with Crippen molar-refractivity contribution in [2.45, 2.75) is 38.4 Å². The lowest BCUT2D eigenvalue weighted by molar-refractivity contribution is 0.0777. The number of nitrogens with one attached hydrogen (secondary N) is 1. The first-order valence-electron chi connectivity index (χ1n) is 13.5. The lowest BCUT2D eigenvalue weighted by Gasteiger charge is -2.39. The molecule has 10 nitrogen and oxygen atoms in total. The Morgan fingerprint density at radius 3 is 2.70 bits per heavy atom. The second-order valence-electron chi connectivity index (χ2n) is 10.4. The third kappa shape index (κ3) is 5.81. The number of aromatic nitrogens is 5. The van der Waals surface area contributed by atoms with Crippen LogP contribution in [0, 0.1) is 28.5 Å². The molecule has 3 aromatic heterocycles. The summed E-state index contributed by atoms with van der Waals surface area (Å²) in [5.41, 5.74) is 3.81. The van der Waals surface area contributed by atoms with Crippen molar-refractivity contribution in [3.63, 3.8) is 0 Å². The molecule has 1 atom stereocenters. The maximum atomic E-state index is 15.1. The van der Waals surface area contributed by atoms with Crippen LogP contribution in [0.3, 0.4) is 0 Å². The van der Waals surface area contributed by atoms with Gasteiger partial charge in [0.05, 0.1) is 30.2 Å². The van der Waals surface area contributed by atoms with E-state index in [1.54, 1.807) is 17.3 Å². The molecule has 0 unspecified atom stereocenters. The molecular weight excluding hydrogens is 507 g/mol. The van der Waals surface area contributed by atoms with Crippen LogP contribution in [-0.2, 0) is 13.1 Å². The van der Waals surface area contributed by atoms with Gasteiger partial charge in [-0.3, -0.25) is 14.5 Å². The highest BCUT2D eigenvalue weighted by Crippen LogP contribution is 2.26. The number of H-pyrrole nitrogens is 1. The van der Waals surface area contributed by atoms with Gasteiger partial charge in [-0.2, -0.15) is 15.6 Å². The molecule has 5 rings (SSSR count). The summed E-state index contributed by atoms with van der Waals surface area (Å²) in [6, 6.07) is 10.1. The number of unbranched alkanes of at least 4 members (excludes halogenated alkanes) is 1. The number of nitrogens with zero attached hydrogens (tertiary/aromatic N) is 9. The first-order valence-corrected chi connectivity index (χ1v) is 13.5. The van der Waals surface area contributed by atoms with E-state index in [1.165, 1.54) is 0 Å². The molecule has 0 bridgehead atoms. The number of nitriles is 2. The SMILES string of the molecule is CN(C)c1ccc(CN2CCN([C@@H](CCCC#N)Cn3cc(-c4ncnc5[nH]ccc45)cn3)CC2)c(F)c1C#N. The van der Waals surface area contributed by atoms with Crippen LogP contribution in [0.5, 0.6) is 0 Å². The standard InChI is InChI=1S/C29H33FN10/c1-37(2)26-7-6-21(27(30)25(26)15-32)17-38-11-13-39(14-12-38)23(5-3-4-9-31)19-40-18-22(16-36-40)28-24-8-10-33-29(24)35-20-34-28/h6-8,10,16,18,20,23H,3-5,11-14,17,19H2,1-2H3,(H,33,34,35)/t23-/m0/s1. The fourth-order valence-corrected chi connectivity index (χ4v) is 5.45. The van der Waals surface area contributed by atoms with Gasteiger partial charge in [0.15, 0.2) is 0 Å². The highest BCUT2D eigenvalue weighted by molar-refractivity contribution is 5.89. The Morgan fingerprint density at radius 2 is 1.95 bits per heavy atom. The number of anilines is 1. The third-order valence-corrected chi connectivity index (χ3v) is 7.60. The lowest BCUT2D eigenvalue weighted by atomic mass is 10.1. The quantitative estimate of drug-likeness (QED) is 0.302. The molecular formula is C29H33FN10. The van der Waals surface area contributed by atoms with Crippen LogP contribution in [0.25, 0.3) is 22.3 Å². The summed E-state index contributed by atoms with van der Waals surface area (Å²) in [5.74, 6) is -0.430. The van der Waals surface area contributed by atoms with Crippen molar-refractivity contribution in [1.82, 2.24) is 34.5 Å². The van der Waals surface area contributed by atoms with Crippen molar-refractivity contribution in [2.75, 3.05) is 45.2 Å². The van der Waals surface area contributed by atoms with Gasteiger partial charge >= 0.3 is 0 Å². The first-order chi connectivity index (χ1) is 19.5. The van der Waals surface area contributed by atoms with Crippen molar-refractivity contribution in [1.29, 1.82) is 10.5 Å². The molecule has 1 saturated heterocycles. The number of rotatable bonds is 10. The van der Waals surface area contributed by atoms with E-state index in [1.807, 2.05) is 55.6 Å². The number of aromatic amines is 1. The van der Waals surface area contributed by atoms with Crippen molar-refractivity contribution in [2.24, 2.45) is 0 Å². The summed E-state index contributed by atoms with van der Waals surface area (Å²) >= 11 is 0. The molecule has 4 aromatic rings. The molecule has 0 amide bonds. The summed E-state index contributed by atoms with van der Waals surface area (Å²) in [5, 5.41) is 24.2. The fourth-order valence-electron chi connectivity index (χ4n) is 5.45. The minimum absolute atomic E-state index is 0.0940. The van der Waals surface area contributed by atoms with Crippen LogP contribution in [-0.4, -0.2) is 80.8 Å². The Morgan fingerprint density at radius 1 is 1.12 bits per heavy atom. The van der Waals surface area contributed by atoms with Crippen molar-refractivity contribution in [3.05, 3.63) is 60.1 Å². The Kier molecular flexibility index (Phi) is 8.34. The van der Waals surface area contributed by atoms with Gasteiger partial charge in [-0.05, 0) is 25.0 Å². The van der Waals surface area contributed by atoms with Gasteiger partial charge in [0.25, 0.3) is 0 Å². The van der Waals surface area contributed by atoms with E-state index in [4.69, 9.17) is 5.26 Å². The summed E-state index contributed by atoms with van der Waals surface area (Å²) in [7, 11) is 3.62. The predicted octanol–water partition coefficient (Wildman–Crippen LogP) is 3.78.